The van der Waals surface area contributed by atoms with Gasteiger partial charge < -0.3 is 20.1 Å². The van der Waals surface area contributed by atoms with Crippen molar-refractivity contribution in [1.29, 1.82) is 0 Å². The molecule has 1 heterocycles. The fourth-order valence-electron chi connectivity index (χ4n) is 2.55. The lowest BCUT2D eigenvalue weighted by Gasteiger charge is -2.34. The summed E-state index contributed by atoms with van der Waals surface area (Å²) in [5.74, 6) is 0. The monoisotopic (exact) mass is 286 g/mol. The molecule has 0 radical (unpaired) electrons. The van der Waals surface area contributed by atoms with E-state index in [-0.39, 0.29) is 12.1 Å². The molecule has 0 spiro atoms. The summed E-state index contributed by atoms with van der Waals surface area (Å²) in [5.41, 5.74) is -0.452. The molecule has 0 aromatic rings. The van der Waals surface area contributed by atoms with Gasteiger partial charge >= 0.3 is 6.09 Å². The van der Waals surface area contributed by atoms with Crippen LogP contribution in [0.15, 0.2) is 0 Å². The van der Waals surface area contributed by atoms with E-state index in [0.29, 0.717) is 24.8 Å². The lowest BCUT2D eigenvalue weighted by molar-refractivity contribution is -0.0433. The van der Waals surface area contributed by atoms with Crippen LogP contribution in [0.2, 0.25) is 0 Å². The summed E-state index contributed by atoms with van der Waals surface area (Å²) in [4.78, 5) is 11.6. The summed E-state index contributed by atoms with van der Waals surface area (Å²) < 4.78 is 10.9. The van der Waals surface area contributed by atoms with Gasteiger partial charge in [0.25, 0.3) is 0 Å². The number of hydrogen-bond acceptors (Lipinski definition) is 4. The zero-order valence-corrected chi connectivity index (χ0v) is 13.7. The van der Waals surface area contributed by atoms with Crippen molar-refractivity contribution < 1.29 is 14.3 Å². The van der Waals surface area contributed by atoms with Crippen molar-refractivity contribution in [2.24, 2.45) is 0 Å². The first-order chi connectivity index (χ1) is 9.15. The van der Waals surface area contributed by atoms with Crippen molar-refractivity contribution in [3.8, 4) is 0 Å². The SMILES string of the molecule is CC(CNC(=O)OC(C)(C)C)NC1CC(C)OC(C)C1. The molecular weight excluding hydrogens is 256 g/mol. The van der Waals surface area contributed by atoms with Crippen molar-refractivity contribution in [2.75, 3.05) is 6.54 Å². The smallest absolute Gasteiger partial charge is 0.407 e. The standard InChI is InChI=1S/C15H30N2O3/c1-10(9-16-14(18)20-15(4,5)6)17-13-7-11(2)19-12(3)8-13/h10-13,17H,7-9H2,1-6H3,(H,16,18). The van der Waals surface area contributed by atoms with Crippen LogP contribution in [0.25, 0.3) is 0 Å². The molecule has 0 saturated carbocycles. The summed E-state index contributed by atoms with van der Waals surface area (Å²) >= 11 is 0. The molecule has 5 nitrogen and oxygen atoms in total. The zero-order chi connectivity index (χ0) is 15.3. The van der Waals surface area contributed by atoms with Crippen LogP contribution in [0.1, 0.15) is 54.4 Å². The maximum absolute atomic E-state index is 11.6. The maximum Gasteiger partial charge on any atom is 0.407 e. The van der Waals surface area contributed by atoms with Crippen LogP contribution in [0, 0.1) is 0 Å². The third-order valence-electron chi connectivity index (χ3n) is 3.17. The van der Waals surface area contributed by atoms with Crippen LogP contribution in [0.5, 0.6) is 0 Å². The van der Waals surface area contributed by atoms with Crippen molar-refractivity contribution in [3.63, 3.8) is 0 Å². The molecular formula is C15H30N2O3. The van der Waals surface area contributed by atoms with E-state index in [4.69, 9.17) is 9.47 Å². The van der Waals surface area contributed by atoms with Gasteiger partial charge in [0.05, 0.1) is 12.2 Å². The highest BCUT2D eigenvalue weighted by Gasteiger charge is 2.25. The minimum Gasteiger partial charge on any atom is -0.444 e. The zero-order valence-electron chi connectivity index (χ0n) is 13.7. The Morgan fingerprint density at radius 2 is 1.85 bits per heavy atom. The van der Waals surface area contributed by atoms with Crippen LogP contribution in [0.3, 0.4) is 0 Å². The van der Waals surface area contributed by atoms with Gasteiger partial charge in [-0.25, -0.2) is 4.79 Å². The summed E-state index contributed by atoms with van der Waals surface area (Å²) in [6.45, 7) is 12.4. The predicted octanol–water partition coefficient (Wildman–Crippen LogP) is 2.45. The third kappa shape index (κ3) is 7.10. The fraction of sp³-hybridized carbons (Fsp3) is 0.933. The number of rotatable bonds is 4. The average Bonchev–Trinajstić information content (AvgIpc) is 2.22. The van der Waals surface area contributed by atoms with Gasteiger partial charge in [0.1, 0.15) is 5.60 Å². The minimum atomic E-state index is -0.452. The van der Waals surface area contributed by atoms with Gasteiger partial charge in [-0.15, -0.1) is 0 Å². The molecule has 0 aromatic carbocycles. The molecule has 0 aliphatic carbocycles. The highest BCUT2D eigenvalue weighted by atomic mass is 16.6. The second kappa shape index (κ2) is 7.27. The Kier molecular flexibility index (Phi) is 6.27. The number of alkyl carbamates (subject to hydrolysis) is 1. The molecule has 1 aliphatic heterocycles. The third-order valence-corrected chi connectivity index (χ3v) is 3.17. The van der Waals surface area contributed by atoms with Crippen molar-refractivity contribution >= 4 is 6.09 Å². The number of carbonyl (C=O) groups is 1. The first-order valence-corrected chi connectivity index (χ1v) is 7.54. The molecule has 1 fully saturated rings. The Bertz CT molecular complexity index is 305. The molecule has 1 aliphatic rings. The van der Waals surface area contributed by atoms with E-state index < -0.39 is 5.60 Å². The van der Waals surface area contributed by atoms with E-state index in [1.54, 1.807) is 0 Å². The Morgan fingerprint density at radius 1 is 1.30 bits per heavy atom. The van der Waals surface area contributed by atoms with Crippen LogP contribution < -0.4 is 10.6 Å². The number of ether oxygens (including phenoxy) is 2. The van der Waals surface area contributed by atoms with Crippen LogP contribution in [-0.2, 0) is 9.47 Å². The van der Waals surface area contributed by atoms with E-state index in [9.17, 15) is 4.79 Å². The molecule has 3 unspecified atom stereocenters. The molecule has 1 rings (SSSR count). The fourth-order valence-corrected chi connectivity index (χ4v) is 2.55. The lowest BCUT2D eigenvalue weighted by Crippen LogP contribution is -2.48. The average molecular weight is 286 g/mol. The molecule has 2 N–H and O–H groups in total. The van der Waals surface area contributed by atoms with Gasteiger partial charge in [-0.2, -0.15) is 0 Å². The van der Waals surface area contributed by atoms with E-state index >= 15 is 0 Å². The minimum absolute atomic E-state index is 0.213. The normalized spacial score (nSPS) is 28.8. The maximum atomic E-state index is 11.6. The topological polar surface area (TPSA) is 59.6 Å². The summed E-state index contributed by atoms with van der Waals surface area (Å²) in [5, 5.41) is 6.34. The van der Waals surface area contributed by atoms with Crippen LogP contribution >= 0.6 is 0 Å². The van der Waals surface area contributed by atoms with Gasteiger partial charge in [-0.3, -0.25) is 0 Å². The summed E-state index contributed by atoms with van der Waals surface area (Å²) in [6, 6.07) is 0.661. The molecule has 118 valence electrons. The van der Waals surface area contributed by atoms with Gasteiger partial charge in [-0.1, -0.05) is 0 Å². The first-order valence-electron chi connectivity index (χ1n) is 7.54. The quantitative estimate of drug-likeness (QED) is 0.833. The van der Waals surface area contributed by atoms with Gasteiger partial charge in [0, 0.05) is 18.6 Å². The van der Waals surface area contributed by atoms with E-state index in [1.165, 1.54) is 0 Å². The molecule has 5 heteroatoms. The number of carbonyl (C=O) groups excluding carboxylic acids is 1. The highest BCUT2D eigenvalue weighted by Crippen LogP contribution is 2.19. The largest absolute Gasteiger partial charge is 0.444 e. The highest BCUT2D eigenvalue weighted by molar-refractivity contribution is 5.67. The first kappa shape index (κ1) is 17.2. The summed E-state index contributed by atoms with van der Waals surface area (Å²) in [7, 11) is 0. The Morgan fingerprint density at radius 3 is 2.35 bits per heavy atom. The predicted molar refractivity (Wildman–Crippen MR) is 79.9 cm³/mol. The number of nitrogens with one attached hydrogen (secondary N) is 2. The van der Waals surface area contributed by atoms with Crippen molar-refractivity contribution in [2.45, 2.75) is 84.3 Å². The second-order valence-corrected chi connectivity index (χ2v) is 6.88. The lowest BCUT2D eigenvalue weighted by atomic mass is 9.99. The van der Waals surface area contributed by atoms with Crippen LogP contribution in [0.4, 0.5) is 4.79 Å². The van der Waals surface area contributed by atoms with E-state index in [0.717, 1.165) is 12.8 Å². The Labute approximate surface area is 122 Å². The Balaban J connectivity index is 2.26. The molecule has 0 aromatic heterocycles. The second-order valence-electron chi connectivity index (χ2n) is 6.88. The van der Waals surface area contributed by atoms with Crippen LogP contribution in [-0.4, -0.2) is 42.5 Å². The van der Waals surface area contributed by atoms with Gasteiger partial charge in [-0.05, 0) is 54.4 Å². The Hall–Kier alpha value is -0.810. The van der Waals surface area contributed by atoms with Gasteiger partial charge in [0.15, 0.2) is 0 Å². The summed E-state index contributed by atoms with van der Waals surface area (Å²) in [6.07, 6.45) is 2.26. The van der Waals surface area contributed by atoms with Gasteiger partial charge in [0.2, 0.25) is 0 Å². The number of amides is 1. The molecule has 1 saturated heterocycles. The molecule has 0 bridgehead atoms. The molecule has 3 atom stereocenters. The van der Waals surface area contributed by atoms with Crippen molar-refractivity contribution in [3.05, 3.63) is 0 Å². The van der Waals surface area contributed by atoms with E-state index in [1.807, 2.05) is 20.8 Å². The van der Waals surface area contributed by atoms with Crippen molar-refractivity contribution in [1.82, 2.24) is 10.6 Å². The molecule has 20 heavy (non-hydrogen) atoms. The molecule has 1 amide bonds. The van der Waals surface area contributed by atoms with E-state index in [2.05, 4.69) is 31.4 Å². The number of hydrogen-bond donors (Lipinski definition) is 2.